The third-order valence-corrected chi connectivity index (χ3v) is 6.82. The maximum atomic E-state index is 13.0. The van der Waals surface area contributed by atoms with Gasteiger partial charge in [0.2, 0.25) is 5.91 Å². The van der Waals surface area contributed by atoms with E-state index >= 15 is 0 Å². The van der Waals surface area contributed by atoms with E-state index in [9.17, 15) is 4.79 Å². The lowest BCUT2D eigenvalue weighted by molar-refractivity contribution is -0.156. The molecule has 4 saturated carbocycles. The predicted octanol–water partition coefficient (Wildman–Crippen LogP) is 4.13. The van der Waals surface area contributed by atoms with Crippen molar-refractivity contribution in [2.24, 2.45) is 28.6 Å². The number of rotatable bonds is 4. The zero-order valence-electron chi connectivity index (χ0n) is 13.0. The summed E-state index contributed by atoms with van der Waals surface area (Å²) in [6.45, 7) is 6.80. The Morgan fingerprint density at radius 2 is 1.85 bits per heavy atom. The number of halogens is 1. The van der Waals surface area contributed by atoms with Crippen LogP contribution in [-0.2, 0) is 4.79 Å². The molecule has 0 aromatic heterocycles. The van der Waals surface area contributed by atoms with Gasteiger partial charge in [0.15, 0.2) is 0 Å². The van der Waals surface area contributed by atoms with Gasteiger partial charge in [-0.3, -0.25) is 4.79 Å². The lowest BCUT2D eigenvalue weighted by Crippen LogP contribution is -2.58. The highest BCUT2D eigenvalue weighted by Gasteiger charge is 2.58. The van der Waals surface area contributed by atoms with Crippen molar-refractivity contribution in [3.05, 3.63) is 0 Å². The Morgan fingerprint density at radius 1 is 1.25 bits per heavy atom. The monoisotopic (exact) mass is 341 g/mol. The summed E-state index contributed by atoms with van der Waals surface area (Å²) in [5.41, 5.74) is 0.414. The predicted molar refractivity (Wildman–Crippen MR) is 85.8 cm³/mol. The fourth-order valence-corrected chi connectivity index (χ4v) is 6.60. The highest BCUT2D eigenvalue weighted by atomic mass is 79.9. The average molecular weight is 342 g/mol. The minimum absolute atomic E-state index is 0.0336. The van der Waals surface area contributed by atoms with Crippen LogP contribution in [0, 0.1) is 28.6 Å². The molecule has 0 aromatic rings. The van der Waals surface area contributed by atoms with E-state index in [-0.39, 0.29) is 11.5 Å². The molecule has 0 radical (unpaired) electrons. The van der Waals surface area contributed by atoms with Crippen LogP contribution < -0.4 is 5.32 Å². The topological polar surface area (TPSA) is 29.1 Å². The fourth-order valence-electron chi connectivity index (χ4n) is 5.69. The zero-order valence-corrected chi connectivity index (χ0v) is 14.6. The van der Waals surface area contributed by atoms with E-state index in [2.05, 4.69) is 42.0 Å². The van der Waals surface area contributed by atoms with Crippen molar-refractivity contribution < 1.29 is 4.79 Å². The van der Waals surface area contributed by atoms with E-state index in [0.717, 1.165) is 36.4 Å². The molecule has 114 valence electrons. The summed E-state index contributed by atoms with van der Waals surface area (Å²) in [4.78, 5) is 13.0. The maximum absolute atomic E-state index is 13.0. The minimum Gasteiger partial charge on any atom is -0.352 e. The number of nitrogens with one attached hydrogen (secondary N) is 1. The second kappa shape index (κ2) is 5.00. The molecule has 1 N–H and O–H groups in total. The molecular weight excluding hydrogens is 314 g/mol. The Labute approximate surface area is 131 Å². The van der Waals surface area contributed by atoms with Gasteiger partial charge in [-0.15, -0.1) is 0 Å². The van der Waals surface area contributed by atoms with Crippen LogP contribution >= 0.6 is 15.9 Å². The maximum Gasteiger partial charge on any atom is 0.226 e. The second-order valence-corrected chi connectivity index (χ2v) is 9.18. The van der Waals surface area contributed by atoms with Gasteiger partial charge in [0.1, 0.15) is 0 Å². The van der Waals surface area contributed by atoms with Gasteiger partial charge in [0.05, 0.1) is 5.41 Å². The van der Waals surface area contributed by atoms with Crippen LogP contribution in [0.2, 0.25) is 0 Å². The van der Waals surface area contributed by atoms with Crippen molar-refractivity contribution in [2.75, 3.05) is 5.33 Å². The Morgan fingerprint density at radius 3 is 2.30 bits per heavy atom. The highest BCUT2D eigenvalue weighted by molar-refractivity contribution is 9.09. The average Bonchev–Trinajstić information content (AvgIpc) is 2.31. The first kappa shape index (κ1) is 14.9. The van der Waals surface area contributed by atoms with Crippen molar-refractivity contribution in [3.63, 3.8) is 0 Å². The fraction of sp³-hybridized carbons (Fsp3) is 0.941. The van der Waals surface area contributed by atoms with Crippen molar-refractivity contribution in [2.45, 2.75) is 65.3 Å². The van der Waals surface area contributed by atoms with E-state index in [1.165, 1.54) is 19.3 Å². The van der Waals surface area contributed by atoms with Crippen LogP contribution in [0.4, 0.5) is 0 Å². The van der Waals surface area contributed by atoms with Crippen LogP contribution in [0.5, 0.6) is 0 Å². The summed E-state index contributed by atoms with van der Waals surface area (Å²) >= 11 is 3.55. The molecule has 20 heavy (non-hydrogen) atoms. The molecule has 4 aliphatic carbocycles. The normalized spacial score (nSPS) is 43.9. The third kappa shape index (κ3) is 2.44. The molecule has 0 saturated heterocycles. The first-order chi connectivity index (χ1) is 9.36. The number of carbonyl (C=O) groups excluding carboxylic acids is 1. The van der Waals surface area contributed by atoms with E-state index in [1.54, 1.807) is 0 Å². The van der Waals surface area contributed by atoms with E-state index < -0.39 is 0 Å². The Hall–Kier alpha value is -0.0500. The number of amides is 1. The molecule has 4 bridgehead atoms. The summed E-state index contributed by atoms with van der Waals surface area (Å²) in [7, 11) is 0. The molecule has 0 heterocycles. The molecule has 4 fully saturated rings. The van der Waals surface area contributed by atoms with Gasteiger partial charge in [0.25, 0.3) is 0 Å². The van der Waals surface area contributed by atoms with Gasteiger partial charge < -0.3 is 5.32 Å². The van der Waals surface area contributed by atoms with Crippen molar-refractivity contribution >= 4 is 21.8 Å². The van der Waals surface area contributed by atoms with Crippen LogP contribution in [0.3, 0.4) is 0 Å². The van der Waals surface area contributed by atoms with Crippen LogP contribution in [-0.4, -0.2) is 17.3 Å². The lowest BCUT2D eigenvalue weighted by Gasteiger charge is -2.60. The largest absolute Gasteiger partial charge is 0.352 e. The number of hydrogen-bond acceptors (Lipinski definition) is 1. The first-order valence-corrected chi connectivity index (χ1v) is 9.35. The van der Waals surface area contributed by atoms with Crippen LogP contribution in [0.1, 0.15) is 59.3 Å². The van der Waals surface area contributed by atoms with Crippen molar-refractivity contribution in [1.29, 1.82) is 0 Å². The summed E-state index contributed by atoms with van der Waals surface area (Å²) in [6.07, 6.45) is 7.55. The third-order valence-electron chi connectivity index (χ3n) is 6.12. The molecule has 3 unspecified atom stereocenters. The summed E-state index contributed by atoms with van der Waals surface area (Å²) in [5, 5.41) is 4.21. The quantitative estimate of drug-likeness (QED) is 0.765. The van der Waals surface area contributed by atoms with Gasteiger partial charge >= 0.3 is 0 Å². The lowest BCUT2D eigenvalue weighted by atomic mass is 9.44. The van der Waals surface area contributed by atoms with Crippen LogP contribution in [0.15, 0.2) is 0 Å². The summed E-state index contributed by atoms with van der Waals surface area (Å²) in [5.74, 6) is 2.47. The molecule has 3 atom stereocenters. The molecule has 0 spiro atoms. The Balaban J connectivity index is 1.77. The molecule has 0 aliphatic heterocycles. The van der Waals surface area contributed by atoms with E-state index in [4.69, 9.17) is 0 Å². The molecule has 0 aromatic carbocycles. The van der Waals surface area contributed by atoms with Gasteiger partial charge in [-0.2, -0.15) is 0 Å². The van der Waals surface area contributed by atoms with Crippen molar-refractivity contribution in [3.8, 4) is 0 Å². The number of alkyl halides is 1. The van der Waals surface area contributed by atoms with Gasteiger partial charge in [-0.1, -0.05) is 36.7 Å². The van der Waals surface area contributed by atoms with Gasteiger partial charge in [-0.25, -0.2) is 0 Å². The molecule has 3 heteroatoms. The number of hydrogen-bond donors (Lipinski definition) is 1. The highest BCUT2D eigenvalue weighted by Crippen LogP contribution is 2.65. The van der Waals surface area contributed by atoms with Gasteiger partial charge in [-0.05, 0) is 61.7 Å². The van der Waals surface area contributed by atoms with Crippen molar-refractivity contribution in [1.82, 2.24) is 5.32 Å². The summed E-state index contributed by atoms with van der Waals surface area (Å²) in [6, 6.07) is 0.267. The van der Waals surface area contributed by atoms with Crippen LogP contribution in [0.25, 0.3) is 0 Å². The van der Waals surface area contributed by atoms with Gasteiger partial charge in [0, 0.05) is 11.4 Å². The standard InChI is InChI=1S/C17H28BrNO/c1-11(2)14(9-18)19-15(20)17-7-12-4-13(8-17)6-16(3,5-12)10-17/h11-14H,4-10H2,1-3H3,(H,19,20). The summed E-state index contributed by atoms with van der Waals surface area (Å²) < 4.78 is 0. The number of carbonyl (C=O) groups is 1. The second-order valence-electron chi connectivity index (χ2n) is 8.53. The minimum atomic E-state index is -0.0336. The molecule has 4 aliphatic rings. The zero-order chi connectivity index (χ0) is 14.5. The SMILES string of the molecule is CC(C)C(CBr)NC(=O)C12CC3CC(CC(C)(C3)C1)C2. The Kier molecular flexibility index (Phi) is 3.72. The molecule has 2 nitrogen and oxygen atoms in total. The molecule has 4 rings (SSSR count). The molecular formula is C17H28BrNO. The molecule has 1 amide bonds. The smallest absolute Gasteiger partial charge is 0.226 e. The Bertz CT molecular complexity index is 392. The first-order valence-electron chi connectivity index (χ1n) is 8.23. The van der Waals surface area contributed by atoms with E-state index in [1.807, 2.05) is 0 Å². The van der Waals surface area contributed by atoms with E-state index in [0.29, 0.717) is 17.2 Å².